The number of ether oxygens (including phenoxy) is 1. The normalized spacial score (nSPS) is 10.4. The highest BCUT2D eigenvalue weighted by atomic mass is 32.1. The standard InChI is InChI=1S/C16H15N3O2S/c1-20-14-10-6-5-9-13(14)15-18-19(16(22)21-15)11-17-12-7-3-2-4-8-12/h2-10,17H,11H2,1H3. The zero-order chi connectivity index (χ0) is 15.4. The van der Waals surface area contributed by atoms with E-state index in [0.717, 1.165) is 11.3 Å². The third kappa shape index (κ3) is 3.01. The predicted molar refractivity (Wildman–Crippen MR) is 87.4 cm³/mol. The van der Waals surface area contributed by atoms with Crippen LogP contribution in [-0.2, 0) is 6.67 Å². The van der Waals surface area contributed by atoms with Crippen LogP contribution in [0.1, 0.15) is 0 Å². The molecule has 1 aromatic heterocycles. The molecular weight excluding hydrogens is 298 g/mol. The summed E-state index contributed by atoms with van der Waals surface area (Å²) in [7, 11) is 1.61. The lowest BCUT2D eigenvalue weighted by Gasteiger charge is -2.05. The zero-order valence-electron chi connectivity index (χ0n) is 12.0. The van der Waals surface area contributed by atoms with E-state index in [1.54, 1.807) is 11.8 Å². The smallest absolute Gasteiger partial charge is 0.289 e. The third-order valence-corrected chi connectivity index (χ3v) is 3.44. The Balaban J connectivity index is 1.83. The van der Waals surface area contributed by atoms with Gasteiger partial charge in [0.2, 0.25) is 0 Å². The van der Waals surface area contributed by atoms with Crippen molar-refractivity contribution in [3.05, 3.63) is 59.4 Å². The van der Waals surface area contributed by atoms with Gasteiger partial charge in [0, 0.05) is 5.69 Å². The second kappa shape index (κ2) is 6.44. The molecule has 6 heteroatoms. The topological polar surface area (TPSA) is 52.2 Å². The molecule has 1 N–H and O–H groups in total. The quantitative estimate of drug-likeness (QED) is 0.723. The number of para-hydroxylation sites is 2. The SMILES string of the molecule is COc1ccccc1-c1nn(CNc2ccccc2)c(=S)o1. The first-order valence-electron chi connectivity index (χ1n) is 6.78. The first kappa shape index (κ1) is 14.3. The average Bonchev–Trinajstić information content (AvgIpc) is 2.94. The van der Waals surface area contributed by atoms with Gasteiger partial charge in [-0.15, -0.1) is 5.10 Å². The van der Waals surface area contributed by atoms with Gasteiger partial charge in [-0.05, 0) is 36.5 Å². The number of benzene rings is 2. The molecular formula is C16H15N3O2S. The van der Waals surface area contributed by atoms with Crippen molar-refractivity contribution in [2.24, 2.45) is 0 Å². The Kier molecular flexibility index (Phi) is 4.20. The van der Waals surface area contributed by atoms with Crippen LogP contribution in [-0.4, -0.2) is 16.9 Å². The van der Waals surface area contributed by atoms with Crippen LogP contribution in [0.2, 0.25) is 0 Å². The molecule has 0 fully saturated rings. The summed E-state index contributed by atoms with van der Waals surface area (Å²) < 4.78 is 12.5. The molecule has 0 spiro atoms. The van der Waals surface area contributed by atoms with E-state index in [9.17, 15) is 0 Å². The van der Waals surface area contributed by atoms with Crippen molar-refractivity contribution in [2.45, 2.75) is 6.67 Å². The summed E-state index contributed by atoms with van der Waals surface area (Å²) in [5.74, 6) is 1.14. The van der Waals surface area contributed by atoms with Crippen LogP contribution in [0.5, 0.6) is 5.75 Å². The molecule has 0 aliphatic carbocycles. The van der Waals surface area contributed by atoms with Crippen molar-refractivity contribution in [3.8, 4) is 17.2 Å². The Bertz CT molecular complexity index is 812. The van der Waals surface area contributed by atoms with Gasteiger partial charge in [0.25, 0.3) is 10.7 Å². The van der Waals surface area contributed by atoms with Crippen LogP contribution < -0.4 is 10.1 Å². The van der Waals surface area contributed by atoms with Gasteiger partial charge in [-0.25, -0.2) is 4.68 Å². The lowest BCUT2D eigenvalue weighted by atomic mass is 10.2. The lowest BCUT2D eigenvalue weighted by molar-refractivity contribution is 0.414. The molecule has 5 nitrogen and oxygen atoms in total. The van der Waals surface area contributed by atoms with Crippen LogP contribution >= 0.6 is 12.2 Å². The fraction of sp³-hybridized carbons (Fsp3) is 0.125. The molecule has 0 unspecified atom stereocenters. The molecule has 2 aromatic carbocycles. The zero-order valence-corrected chi connectivity index (χ0v) is 12.8. The molecule has 112 valence electrons. The number of nitrogens with zero attached hydrogens (tertiary/aromatic N) is 2. The largest absolute Gasteiger partial charge is 0.496 e. The highest BCUT2D eigenvalue weighted by Crippen LogP contribution is 2.28. The molecule has 22 heavy (non-hydrogen) atoms. The molecule has 0 saturated carbocycles. The van der Waals surface area contributed by atoms with Gasteiger partial charge in [0.05, 0.1) is 12.7 Å². The highest BCUT2D eigenvalue weighted by molar-refractivity contribution is 7.71. The van der Waals surface area contributed by atoms with Gasteiger partial charge in [-0.1, -0.05) is 30.3 Å². The summed E-state index contributed by atoms with van der Waals surface area (Å²) in [6.45, 7) is 0.432. The number of nitrogens with one attached hydrogen (secondary N) is 1. The Morgan fingerprint density at radius 2 is 1.86 bits per heavy atom. The van der Waals surface area contributed by atoms with Gasteiger partial charge < -0.3 is 14.5 Å². The maximum absolute atomic E-state index is 5.58. The number of rotatable bonds is 5. The highest BCUT2D eigenvalue weighted by Gasteiger charge is 2.12. The van der Waals surface area contributed by atoms with Gasteiger partial charge >= 0.3 is 0 Å². The van der Waals surface area contributed by atoms with Crippen LogP contribution in [0, 0.1) is 4.84 Å². The molecule has 3 aromatic rings. The maximum Gasteiger partial charge on any atom is 0.289 e. The Labute approximate surface area is 133 Å². The number of hydrogen-bond acceptors (Lipinski definition) is 5. The van der Waals surface area contributed by atoms with E-state index in [-0.39, 0.29) is 0 Å². The van der Waals surface area contributed by atoms with E-state index < -0.39 is 0 Å². The van der Waals surface area contributed by atoms with Gasteiger partial charge in [0.15, 0.2) is 0 Å². The van der Waals surface area contributed by atoms with E-state index >= 15 is 0 Å². The minimum atomic E-state index is 0.310. The second-order valence-corrected chi connectivity index (χ2v) is 4.92. The molecule has 0 atom stereocenters. The molecule has 1 heterocycles. The van der Waals surface area contributed by atoms with Gasteiger partial charge in [-0.3, -0.25) is 0 Å². The summed E-state index contributed by atoms with van der Waals surface area (Å²) in [5.41, 5.74) is 1.76. The van der Waals surface area contributed by atoms with Gasteiger partial charge in [0.1, 0.15) is 12.4 Å². The van der Waals surface area contributed by atoms with Crippen molar-refractivity contribution >= 4 is 17.9 Å². The number of methoxy groups -OCH3 is 1. The Morgan fingerprint density at radius 1 is 1.14 bits per heavy atom. The molecule has 0 bridgehead atoms. The predicted octanol–water partition coefficient (Wildman–Crippen LogP) is 3.95. The summed E-state index contributed by atoms with van der Waals surface area (Å²) in [5, 5.41) is 7.64. The van der Waals surface area contributed by atoms with E-state index in [4.69, 9.17) is 21.4 Å². The lowest BCUT2D eigenvalue weighted by Crippen LogP contribution is -2.09. The monoisotopic (exact) mass is 313 g/mol. The number of anilines is 1. The van der Waals surface area contributed by atoms with Crippen molar-refractivity contribution in [1.82, 2.24) is 9.78 Å². The van der Waals surface area contributed by atoms with E-state index in [0.29, 0.717) is 23.1 Å². The second-order valence-electron chi connectivity index (χ2n) is 4.57. The van der Waals surface area contributed by atoms with E-state index in [2.05, 4.69) is 10.4 Å². The third-order valence-electron chi connectivity index (χ3n) is 3.15. The average molecular weight is 313 g/mol. The first-order chi connectivity index (χ1) is 10.8. The van der Waals surface area contributed by atoms with Crippen LogP contribution in [0.4, 0.5) is 5.69 Å². The van der Waals surface area contributed by atoms with Gasteiger partial charge in [-0.2, -0.15) is 0 Å². The summed E-state index contributed by atoms with van der Waals surface area (Å²) >= 11 is 5.22. The van der Waals surface area contributed by atoms with Crippen molar-refractivity contribution in [1.29, 1.82) is 0 Å². The van der Waals surface area contributed by atoms with Crippen LogP contribution in [0.3, 0.4) is 0 Å². The fourth-order valence-corrected chi connectivity index (χ4v) is 2.24. The summed E-state index contributed by atoms with van der Waals surface area (Å²) in [6, 6.07) is 17.4. The van der Waals surface area contributed by atoms with Crippen LogP contribution in [0.25, 0.3) is 11.5 Å². The maximum atomic E-state index is 5.58. The minimum absolute atomic E-state index is 0.310. The van der Waals surface area contributed by atoms with E-state index in [1.807, 2.05) is 54.6 Å². The Morgan fingerprint density at radius 3 is 2.64 bits per heavy atom. The van der Waals surface area contributed by atoms with Crippen molar-refractivity contribution in [3.63, 3.8) is 0 Å². The molecule has 0 amide bonds. The molecule has 0 aliphatic heterocycles. The molecule has 3 rings (SSSR count). The van der Waals surface area contributed by atoms with Crippen LogP contribution in [0.15, 0.2) is 59.0 Å². The van der Waals surface area contributed by atoms with Crippen molar-refractivity contribution < 1.29 is 9.15 Å². The fourth-order valence-electron chi connectivity index (χ4n) is 2.06. The Hall–Kier alpha value is -2.60. The summed E-state index contributed by atoms with van der Waals surface area (Å²) in [4.78, 5) is 0.310. The minimum Gasteiger partial charge on any atom is -0.496 e. The summed E-state index contributed by atoms with van der Waals surface area (Å²) in [6.07, 6.45) is 0. The molecule has 0 radical (unpaired) electrons. The van der Waals surface area contributed by atoms with Crippen molar-refractivity contribution in [2.75, 3.05) is 12.4 Å². The number of aromatic nitrogens is 2. The molecule has 0 aliphatic rings. The number of hydrogen-bond donors (Lipinski definition) is 1. The van der Waals surface area contributed by atoms with E-state index in [1.165, 1.54) is 0 Å². The first-order valence-corrected chi connectivity index (χ1v) is 7.19. The molecule has 0 saturated heterocycles.